The van der Waals surface area contributed by atoms with E-state index in [1.165, 1.54) is 13.2 Å². The Kier molecular flexibility index (Phi) is 7.37. The average Bonchev–Trinajstić information content (AvgIpc) is 2.54. The summed E-state index contributed by atoms with van der Waals surface area (Å²) in [7, 11) is 1.35. The third kappa shape index (κ3) is 6.26. The van der Waals surface area contributed by atoms with Crippen LogP contribution in [0.25, 0.3) is 0 Å². The lowest BCUT2D eigenvalue weighted by atomic mass is 9.98. The molecule has 148 valence electrons. The lowest BCUT2D eigenvalue weighted by Gasteiger charge is -2.37. The van der Waals surface area contributed by atoms with Crippen molar-refractivity contribution in [1.29, 1.82) is 0 Å². The molecule has 0 radical (unpaired) electrons. The maximum absolute atomic E-state index is 12.5. The zero-order valence-corrected chi connectivity index (χ0v) is 17.7. The quantitative estimate of drug-likeness (QED) is 0.463. The minimum atomic E-state index is -0.666. The molecule has 2 unspecified atom stereocenters. The standard InChI is InChI=1S/C20H26ClNO4S/c1-20(2,3)26-17(23)10-13-9-14(27)12-22(11-13)18(19(24)25-4)15-7-5-6-8-16(15)21/h5-8,10,14,18,27H,9,11-12H2,1-4H3. The molecule has 2 atom stereocenters. The minimum Gasteiger partial charge on any atom is -0.468 e. The summed E-state index contributed by atoms with van der Waals surface area (Å²) in [6.07, 6.45) is 2.15. The molecule has 1 heterocycles. The van der Waals surface area contributed by atoms with Gasteiger partial charge in [-0.1, -0.05) is 29.8 Å². The first-order valence-electron chi connectivity index (χ1n) is 8.77. The van der Waals surface area contributed by atoms with E-state index in [-0.39, 0.29) is 5.25 Å². The van der Waals surface area contributed by atoms with E-state index in [1.54, 1.807) is 6.07 Å². The fourth-order valence-electron chi connectivity index (χ4n) is 3.11. The Balaban J connectivity index is 2.30. The van der Waals surface area contributed by atoms with Crippen molar-refractivity contribution in [2.75, 3.05) is 20.2 Å². The van der Waals surface area contributed by atoms with Gasteiger partial charge < -0.3 is 9.47 Å². The number of carbonyl (C=O) groups excluding carboxylic acids is 2. The maximum Gasteiger partial charge on any atom is 0.331 e. The fourth-order valence-corrected chi connectivity index (χ4v) is 3.79. The van der Waals surface area contributed by atoms with Crippen LogP contribution in [0.15, 0.2) is 35.9 Å². The molecule has 1 aliphatic heterocycles. The molecule has 27 heavy (non-hydrogen) atoms. The number of halogens is 1. The molecular weight excluding hydrogens is 386 g/mol. The van der Waals surface area contributed by atoms with Crippen molar-refractivity contribution in [3.8, 4) is 0 Å². The Morgan fingerprint density at radius 1 is 1.33 bits per heavy atom. The van der Waals surface area contributed by atoms with Crippen LogP contribution >= 0.6 is 24.2 Å². The van der Waals surface area contributed by atoms with Crippen molar-refractivity contribution in [1.82, 2.24) is 4.90 Å². The van der Waals surface area contributed by atoms with Gasteiger partial charge in [-0.15, -0.1) is 0 Å². The number of rotatable bonds is 4. The first-order chi connectivity index (χ1) is 12.6. The summed E-state index contributed by atoms with van der Waals surface area (Å²) in [5.41, 5.74) is 0.969. The van der Waals surface area contributed by atoms with Gasteiger partial charge in [-0.3, -0.25) is 4.90 Å². The number of hydrogen-bond acceptors (Lipinski definition) is 6. The molecule has 1 aliphatic rings. The number of thiol groups is 1. The van der Waals surface area contributed by atoms with Gasteiger partial charge in [0.25, 0.3) is 0 Å². The molecule has 0 aliphatic carbocycles. The number of carbonyl (C=O) groups is 2. The number of esters is 2. The van der Waals surface area contributed by atoms with Crippen molar-refractivity contribution in [3.63, 3.8) is 0 Å². The van der Waals surface area contributed by atoms with E-state index in [0.717, 1.165) is 5.57 Å². The third-order valence-corrected chi connectivity index (χ3v) is 4.76. The molecule has 1 aromatic carbocycles. The van der Waals surface area contributed by atoms with Crippen LogP contribution in [0.2, 0.25) is 5.02 Å². The third-order valence-electron chi connectivity index (χ3n) is 4.07. The van der Waals surface area contributed by atoms with E-state index in [4.69, 9.17) is 21.1 Å². The van der Waals surface area contributed by atoms with Crippen molar-refractivity contribution in [3.05, 3.63) is 46.5 Å². The summed E-state index contributed by atoms with van der Waals surface area (Å²) in [4.78, 5) is 26.6. The highest BCUT2D eigenvalue weighted by atomic mass is 35.5. The van der Waals surface area contributed by atoms with E-state index < -0.39 is 23.6 Å². The molecule has 0 amide bonds. The lowest BCUT2D eigenvalue weighted by molar-refractivity contribution is -0.148. The number of nitrogens with zero attached hydrogens (tertiary/aromatic N) is 1. The first kappa shape index (κ1) is 21.8. The summed E-state index contributed by atoms with van der Waals surface area (Å²) < 4.78 is 10.4. The highest BCUT2D eigenvalue weighted by molar-refractivity contribution is 7.81. The monoisotopic (exact) mass is 411 g/mol. The highest BCUT2D eigenvalue weighted by Gasteiger charge is 2.34. The predicted molar refractivity (Wildman–Crippen MR) is 109 cm³/mol. The number of likely N-dealkylation sites (tertiary alicyclic amines) is 1. The van der Waals surface area contributed by atoms with Gasteiger partial charge in [0.15, 0.2) is 0 Å². The molecule has 1 saturated heterocycles. The highest BCUT2D eigenvalue weighted by Crippen LogP contribution is 2.33. The molecule has 5 nitrogen and oxygen atoms in total. The molecule has 0 aromatic heterocycles. The molecule has 0 saturated carbocycles. The topological polar surface area (TPSA) is 55.8 Å². The van der Waals surface area contributed by atoms with E-state index in [0.29, 0.717) is 30.1 Å². The molecule has 7 heteroatoms. The number of piperidine rings is 1. The fraction of sp³-hybridized carbons (Fsp3) is 0.500. The second-order valence-electron chi connectivity index (χ2n) is 7.57. The molecule has 1 aromatic rings. The van der Waals surface area contributed by atoms with E-state index >= 15 is 0 Å². The summed E-state index contributed by atoms with van der Waals surface area (Å²) in [5, 5.41) is 0.467. The van der Waals surface area contributed by atoms with E-state index in [9.17, 15) is 9.59 Å². The van der Waals surface area contributed by atoms with Gasteiger partial charge >= 0.3 is 11.9 Å². The van der Waals surface area contributed by atoms with Crippen molar-refractivity contribution in [2.45, 2.75) is 44.1 Å². The Labute approximate surface area is 171 Å². The van der Waals surface area contributed by atoms with Crippen LogP contribution in [0.5, 0.6) is 0 Å². The zero-order chi connectivity index (χ0) is 20.2. The van der Waals surface area contributed by atoms with Gasteiger partial charge in [-0.05, 0) is 44.4 Å². The number of benzene rings is 1. The lowest BCUT2D eigenvalue weighted by Crippen LogP contribution is -2.43. The Morgan fingerprint density at radius 2 is 2.00 bits per heavy atom. The first-order valence-corrected chi connectivity index (χ1v) is 9.67. The summed E-state index contributed by atoms with van der Waals surface area (Å²) in [5.74, 6) is -0.797. The van der Waals surface area contributed by atoms with Crippen molar-refractivity contribution < 1.29 is 19.1 Å². The van der Waals surface area contributed by atoms with Gasteiger partial charge in [0, 0.05) is 29.4 Å². The van der Waals surface area contributed by atoms with Gasteiger partial charge in [0.2, 0.25) is 0 Å². The second kappa shape index (κ2) is 9.13. The summed E-state index contributed by atoms with van der Waals surface area (Å²) >= 11 is 10.9. The van der Waals surface area contributed by atoms with Gasteiger partial charge in [-0.2, -0.15) is 12.6 Å². The van der Waals surface area contributed by atoms with Gasteiger partial charge in [0.1, 0.15) is 11.6 Å². The van der Waals surface area contributed by atoms with Crippen molar-refractivity contribution in [2.24, 2.45) is 0 Å². The van der Waals surface area contributed by atoms with Crippen LogP contribution in [0.3, 0.4) is 0 Å². The van der Waals surface area contributed by atoms with Crippen LogP contribution in [0.1, 0.15) is 38.8 Å². The normalized spacial score (nSPS) is 21.0. The second-order valence-corrected chi connectivity index (χ2v) is 8.71. The van der Waals surface area contributed by atoms with Crippen LogP contribution < -0.4 is 0 Å². The summed E-state index contributed by atoms with van der Waals surface area (Å²) in [6.45, 7) is 6.47. The molecule has 0 N–H and O–H groups in total. The van der Waals surface area contributed by atoms with Gasteiger partial charge in [0.05, 0.1) is 7.11 Å². The maximum atomic E-state index is 12.5. The van der Waals surface area contributed by atoms with Crippen LogP contribution in [-0.2, 0) is 19.1 Å². The largest absolute Gasteiger partial charge is 0.468 e. The molecule has 1 fully saturated rings. The Bertz CT molecular complexity index is 729. The Hall–Kier alpha value is -1.50. The Morgan fingerprint density at radius 3 is 2.59 bits per heavy atom. The van der Waals surface area contributed by atoms with Crippen LogP contribution in [0, 0.1) is 0 Å². The molecule has 2 rings (SSSR count). The van der Waals surface area contributed by atoms with E-state index in [1.807, 2.05) is 43.9 Å². The van der Waals surface area contributed by atoms with Gasteiger partial charge in [-0.25, -0.2) is 9.59 Å². The minimum absolute atomic E-state index is 0.0259. The van der Waals surface area contributed by atoms with Crippen LogP contribution in [-0.4, -0.2) is 47.9 Å². The van der Waals surface area contributed by atoms with Crippen molar-refractivity contribution >= 4 is 36.2 Å². The number of hydrogen-bond donors (Lipinski definition) is 1. The molecular formula is C20H26ClNO4S. The molecule has 0 bridgehead atoms. The van der Waals surface area contributed by atoms with Crippen LogP contribution in [0.4, 0.5) is 0 Å². The predicted octanol–water partition coefficient (Wildman–Crippen LogP) is 3.83. The summed E-state index contributed by atoms with van der Waals surface area (Å²) in [6, 6.07) is 6.53. The molecule has 0 spiro atoms. The average molecular weight is 412 g/mol. The number of methoxy groups -OCH3 is 1. The zero-order valence-electron chi connectivity index (χ0n) is 16.1. The SMILES string of the molecule is COC(=O)C(c1ccccc1Cl)N1CC(=CC(=O)OC(C)(C)C)CC(S)C1. The number of ether oxygens (including phenoxy) is 2. The van der Waals surface area contributed by atoms with E-state index in [2.05, 4.69) is 12.6 Å². The smallest absolute Gasteiger partial charge is 0.331 e.